The lowest BCUT2D eigenvalue weighted by Crippen LogP contribution is -2.12. The predicted molar refractivity (Wildman–Crippen MR) is 47.8 cm³/mol. The molecule has 1 aliphatic rings. The summed E-state index contributed by atoms with van der Waals surface area (Å²) in [5.74, 6) is -0.0546. The molecule has 0 saturated heterocycles. The van der Waals surface area contributed by atoms with E-state index in [-0.39, 0.29) is 17.6 Å². The molecule has 13 heavy (non-hydrogen) atoms. The summed E-state index contributed by atoms with van der Waals surface area (Å²) in [5, 5.41) is 2.73. The Morgan fingerprint density at radius 2 is 1.92 bits per heavy atom. The minimum absolute atomic E-state index is 0.0478. The lowest BCUT2D eigenvalue weighted by atomic mass is 10.3. The highest BCUT2D eigenvalue weighted by Crippen LogP contribution is 2.30. The Balaban J connectivity index is 2.00. The van der Waals surface area contributed by atoms with Crippen molar-refractivity contribution in [2.75, 3.05) is 5.32 Å². The Morgan fingerprint density at radius 3 is 2.46 bits per heavy atom. The van der Waals surface area contributed by atoms with Crippen LogP contribution in [0.2, 0.25) is 0 Å². The standard InChI is InChI=1S/C10H10FNO/c11-8-3-5-9(6-4-8)12-10(13)7-1-2-7/h3-7H,1-2H2,(H,12,13). The van der Waals surface area contributed by atoms with Gasteiger partial charge < -0.3 is 5.32 Å². The maximum absolute atomic E-state index is 12.5. The Hall–Kier alpha value is -1.38. The van der Waals surface area contributed by atoms with Gasteiger partial charge in [-0.05, 0) is 37.1 Å². The second-order valence-electron chi connectivity index (χ2n) is 3.27. The van der Waals surface area contributed by atoms with Crippen LogP contribution in [0, 0.1) is 11.7 Å². The van der Waals surface area contributed by atoms with E-state index in [0.29, 0.717) is 5.69 Å². The summed E-state index contributed by atoms with van der Waals surface area (Å²) < 4.78 is 12.5. The lowest BCUT2D eigenvalue weighted by molar-refractivity contribution is -0.117. The molecule has 0 aliphatic heterocycles. The summed E-state index contributed by atoms with van der Waals surface area (Å²) in [4.78, 5) is 11.3. The molecule has 2 nitrogen and oxygen atoms in total. The molecule has 3 heteroatoms. The van der Waals surface area contributed by atoms with Crippen LogP contribution in [0.3, 0.4) is 0 Å². The topological polar surface area (TPSA) is 29.1 Å². The highest BCUT2D eigenvalue weighted by atomic mass is 19.1. The number of halogens is 1. The first kappa shape index (κ1) is 8.23. The number of benzene rings is 1. The molecule has 0 heterocycles. The van der Waals surface area contributed by atoms with Crippen LogP contribution in [0.1, 0.15) is 12.8 Å². The van der Waals surface area contributed by atoms with Crippen molar-refractivity contribution in [3.8, 4) is 0 Å². The van der Waals surface area contributed by atoms with Gasteiger partial charge in [-0.3, -0.25) is 4.79 Å². The van der Waals surface area contributed by atoms with Gasteiger partial charge in [-0.1, -0.05) is 0 Å². The zero-order chi connectivity index (χ0) is 9.26. The second-order valence-corrected chi connectivity index (χ2v) is 3.27. The first-order valence-corrected chi connectivity index (χ1v) is 4.32. The van der Waals surface area contributed by atoms with Crippen LogP contribution >= 0.6 is 0 Å². The molecule has 1 aromatic rings. The van der Waals surface area contributed by atoms with Gasteiger partial charge >= 0.3 is 0 Å². The van der Waals surface area contributed by atoms with E-state index in [4.69, 9.17) is 0 Å². The van der Waals surface area contributed by atoms with Crippen molar-refractivity contribution in [2.24, 2.45) is 5.92 Å². The Morgan fingerprint density at radius 1 is 1.31 bits per heavy atom. The third-order valence-corrected chi connectivity index (χ3v) is 2.06. The zero-order valence-electron chi connectivity index (χ0n) is 7.09. The summed E-state index contributed by atoms with van der Waals surface area (Å²) in [6, 6.07) is 5.80. The first-order valence-electron chi connectivity index (χ1n) is 4.32. The van der Waals surface area contributed by atoms with Crippen LogP contribution in [0.4, 0.5) is 10.1 Å². The Labute approximate surface area is 75.8 Å². The van der Waals surface area contributed by atoms with Crippen LogP contribution < -0.4 is 5.32 Å². The monoisotopic (exact) mass is 179 g/mol. The second kappa shape index (κ2) is 3.17. The number of hydrogen-bond donors (Lipinski definition) is 1. The molecule has 1 N–H and O–H groups in total. The number of nitrogens with one attached hydrogen (secondary N) is 1. The van der Waals surface area contributed by atoms with Crippen molar-refractivity contribution < 1.29 is 9.18 Å². The summed E-state index contributed by atoms with van der Waals surface area (Å²) in [7, 11) is 0. The quantitative estimate of drug-likeness (QED) is 0.740. The van der Waals surface area contributed by atoms with Gasteiger partial charge in [0.1, 0.15) is 5.82 Å². The van der Waals surface area contributed by atoms with Crippen molar-refractivity contribution in [3.05, 3.63) is 30.1 Å². The number of anilines is 1. The number of carbonyl (C=O) groups excluding carboxylic acids is 1. The summed E-state index contributed by atoms with van der Waals surface area (Å²) in [6.45, 7) is 0. The maximum atomic E-state index is 12.5. The largest absolute Gasteiger partial charge is 0.326 e. The fourth-order valence-corrected chi connectivity index (χ4v) is 1.12. The first-order chi connectivity index (χ1) is 6.25. The molecule has 0 atom stereocenters. The summed E-state index contributed by atoms with van der Waals surface area (Å²) in [5.41, 5.74) is 0.665. The van der Waals surface area contributed by atoms with Crippen LogP contribution in [0.5, 0.6) is 0 Å². The highest BCUT2D eigenvalue weighted by molar-refractivity contribution is 5.93. The predicted octanol–water partition coefficient (Wildman–Crippen LogP) is 2.17. The minimum atomic E-state index is -0.288. The van der Waals surface area contributed by atoms with Gasteiger partial charge in [0.05, 0.1) is 0 Å². The smallest absolute Gasteiger partial charge is 0.227 e. The minimum Gasteiger partial charge on any atom is -0.326 e. The number of hydrogen-bond acceptors (Lipinski definition) is 1. The van der Waals surface area contributed by atoms with E-state index in [1.807, 2.05) is 0 Å². The van der Waals surface area contributed by atoms with Gasteiger partial charge in [0.15, 0.2) is 0 Å². The molecule has 1 fully saturated rings. The van der Waals surface area contributed by atoms with E-state index >= 15 is 0 Å². The average molecular weight is 179 g/mol. The van der Waals surface area contributed by atoms with Crippen molar-refractivity contribution in [1.82, 2.24) is 0 Å². The van der Waals surface area contributed by atoms with Gasteiger partial charge in [-0.2, -0.15) is 0 Å². The Bertz CT molecular complexity index is 316. The highest BCUT2D eigenvalue weighted by Gasteiger charge is 2.29. The van der Waals surface area contributed by atoms with Crippen molar-refractivity contribution in [1.29, 1.82) is 0 Å². The molecule has 0 spiro atoms. The Kier molecular flexibility index (Phi) is 2.00. The van der Waals surface area contributed by atoms with Gasteiger partial charge in [0.2, 0.25) is 5.91 Å². The van der Waals surface area contributed by atoms with E-state index in [1.165, 1.54) is 12.1 Å². The zero-order valence-corrected chi connectivity index (χ0v) is 7.09. The maximum Gasteiger partial charge on any atom is 0.227 e. The van der Waals surface area contributed by atoms with E-state index < -0.39 is 0 Å². The van der Waals surface area contributed by atoms with Gasteiger partial charge in [0, 0.05) is 11.6 Å². The summed E-state index contributed by atoms with van der Waals surface area (Å²) >= 11 is 0. The fraction of sp³-hybridized carbons (Fsp3) is 0.300. The fourth-order valence-electron chi connectivity index (χ4n) is 1.12. The van der Waals surface area contributed by atoms with E-state index in [2.05, 4.69) is 5.32 Å². The van der Waals surface area contributed by atoms with Crippen LogP contribution in [0.25, 0.3) is 0 Å². The number of carbonyl (C=O) groups is 1. The van der Waals surface area contributed by atoms with Crippen molar-refractivity contribution in [3.63, 3.8) is 0 Å². The average Bonchev–Trinajstić information content (AvgIpc) is 2.91. The van der Waals surface area contributed by atoms with Gasteiger partial charge in [0.25, 0.3) is 0 Å². The third kappa shape index (κ3) is 2.05. The van der Waals surface area contributed by atoms with Crippen molar-refractivity contribution in [2.45, 2.75) is 12.8 Å². The molecule has 1 amide bonds. The normalized spacial score (nSPS) is 15.5. The number of rotatable bonds is 2. The molecule has 0 bridgehead atoms. The van der Waals surface area contributed by atoms with E-state index in [1.54, 1.807) is 12.1 Å². The molecule has 2 rings (SSSR count). The molecule has 1 aliphatic carbocycles. The molecular weight excluding hydrogens is 169 g/mol. The molecule has 0 aromatic heterocycles. The van der Waals surface area contributed by atoms with Crippen LogP contribution in [-0.4, -0.2) is 5.91 Å². The van der Waals surface area contributed by atoms with Gasteiger partial charge in [-0.25, -0.2) is 4.39 Å². The van der Waals surface area contributed by atoms with Gasteiger partial charge in [-0.15, -0.1) is 0 Å². The molecule has 0 unspecified atom stereocenters. The molecule has 68 valence electrons. The molecule has 0 radical (unpaired) electrons. The van der Waals surface area contributed by atoms with Crippen LogP contribution in [-0.2, 0) is 4.79 Å². The molecular formula is C10H10FNO. The van der Waals surface area contributed by atoms with Crippen molar-refractivity contribution >= 4 is 11.6 Å². The SMILES string of the molecule is O=C(Nc1ccc(F)cc1)C1CC1. The lowest BCUT2D eigenvalue weighted by Gasteiger charge is -2.02. The number of amides is 1. The third-order valence-electron chi connectivity index (χ3n) is 2.06. The molecule has 1 saturated carbocycles. The van der Waals surface area contributed by atoms with E-state index in [0.717, 1.165) is 12.8 Å². The van der Waals surface area contributed by atoms with Crippen LogP contribution in [0.15, 0.2) is 24.3 Å². The summed E-state index contributed by atoms with van der Waals surface area (Å²) in [6.07, 6.45) is 1.96. The molecule has 1 aromatic carbocycles. The van der Waals surface area contributed by atoms with E-state index in [9.17, 15) is 9.18 Å².